The van der Waals surface area contributed by atoms with E-state index in [2.05, 4.69) is 5.32 Å². The smallest absolute Gasteiger partial charge is 0.223 e. The molecule has 1 aromatic rings. The van der Waals surface area contributed by atoms with Crippen LogP contribution in [0.1, 0.15) is 56.9 Å². The van der Waals surface area contributed by atoms with Gasteiger partial charge in [0.05, 0.1) is 13.1 Å². The van der Waals surface area contributed by atoms with Gasteiger partial charge in [0.25, 0.3) is 0 Å². The van der Waals surface area contributed by atoms with Gasteiger partial charge in [-0.05, 0) is 25.0 Å². The predicted molar refractivity (Wildman–Crippen MR) is 93.2 cm³/mol. The van der Waals surface area contributed by atoms with Gasteiger partial charge < -0.3 is 10.2 Å². The molecule has 1 saturated carbocycles. The maximum Gasteiger partial charge on any atom is 0.223 e. The van der Waals surface area contributed by atoms with Gasteiger partial charge in [-0.15, -0.1) is 0 Å². The summed E-state index contributed by atoms with van der Waals surface area (Å²) in [5.74, 6) is 0.288. The third kappa shape index (κ3) is 5.04. The molecule has 1 saturated heterocycles. The number of quaternary nitrogens is 1. The minimum Gasteiger partial charge on any atom is -0.353 e. The number of piperidine rings is 1. The zero-order valence-corrected chi connectivity index (χ0v) is 14.5. The van der Waals surface area contributed by atoms with Gasteiger partial charge in [0.15, 0.2) is 0 Å². The maximum atomic E-state index is 13.0. The molecule has 0 aromatic heterocycles. The standard InChI is InChI=1S/C20H29FN2O/c21-18-9-7-16(8-10-18)15-23-13-11-17(12-14-23)20(24)22-19-5-3-1-2-4-6-19/h7-10,17,19H,1-6,11-15H2,(H,22,24)/p+1. The van der Waals surface area contributed by atoms with Crippen LogP contribution in [0.15, 0.2) is 24.3 Å². The van der Waals surface area contributed by atoms with Gasteiger partial charge in [-0.2, -0.15) is 0 Å². The largest absolute Gasteiger partial charge is 0.353 e. The van der Waals surface area contributed by atoms with Gasteiger partial charge in [0.2, 0.25) is 5.91 Å². The van der Waals surface area contributed by atoms with Gasteiger partial charge in [-0.1, -0.05) is 37.8 Å². The van der Waals surface area contributed by atoms with Crippen molar-refractivity contribution in [2.45, 2.75) is 64.0 Å². The van der Waals surface area contributed by atoms with E-state index < -0.39 is 0 Å². The first-order chi connectivity index (χ1) is 11.7. The number of rotatable bonds is 4. The summed E-state index contributed by atoms with van der Waals surface area (Å²) >= 11 is 0. The van der Waals surface area contributed by atoms with Crippen LogP contribution in [0.2, 0.25) is 0 Å². The lowest BCUT2D eigenvalue weighted by Gasteiger charge is -2.29. The number of halogens is 1. The molecule has 0 spiro atoms. The van der Waals surface area contributed by atoms with E-state index in [-0.39, 0.29) is 17.6 Å². The highest BCUT2D eigenvalue weighted by molar-refractivity contribution is 5.79. The number of benzene rings is 1. The maximum absolute atomic E-state index is 13.0. The van der Waals surface area contributed by atoms with Crippen molar-refractivity contribution in [2.75, 3.05) is 13.1 Å². The Hall–Kier alpha value is -1.42. The summed E-state index contributed by atoms with van der Waals surface area (Å²) in [6.07, 6.45) is 9.39. The van der Waals surface area contributed by atoms with E-state index in [4.69, 9.17) is 0 Å². The number of hydrogen-bond donors (Lipinski definition) is 2. The van der Waals surface area contributed by atoms with Crippen molar-refractivity contribution < 1.29 is 14.1 Å². The minimum absolute atomic E-state index is 0.178. The molecular formula is C20H30FN2O+. The summed E-state index contributed by atoms with van der Waals surface area (Å²) in [4.78, 5) is 14.0. The molecule has 1 aliphatic heterocycles. The van der Waals surface area contributed by atoms with Crippen LogP contribution in [0.5, 0.6) is 0 Å². The lowest BCUT2D eigenvalue weighted by Crippen LogP contribution is -3.11. The molecule has 3 rings (SSSR count). The summed E-state index contributed by atoms with van der Waals surface area (Å²) in [6.45, 7) is 2.98. The summed E-state index contributed by atoms with van der Waals surface area (Å²) < 4.78 is 13.0. The number of likely N-dealkylation sites (tertiary alicyclic amines) is 1. The molecule has 3 nitrogen and oxygen atoms in total. The van der Waals surface area contributed by atoms with E-state index in [1.165, 1.54) is 48.3 Å². The summed E-state index contributed by atoms with van der Waals surface area (Å²) in [6, 6.07) is 7.20. The number of hydrogen-bond acceptors (Lipinski definition) is 1. The number of carbonyl (C=O) groups excluding carboxylic acids is 1. The van der Waals surface area contributed by atoms with Gasteiger partial charge in [-0.3, -0.25) is 4.79 Å². The van der Waals surface area contributed by atoms with Crippen LogP contribution < -0.4 is 10.2 Å². The summed E-state index contributed by atoms with van der Waals surface area (Å²) in [5, 5.41) is 3.31. The summed E-state index contributed by atoms with van der Waals surface area (Å²) in [5.41, 5.74) is 1.17. The third-order valence-electron chi connectivity index (χ3n) is 5.63. The molecule has 2 aliphatic rings. The van der Waals surface area contributed by atoms with Gasteiger partial charge in [0, 0.05) is 30.4 Å². The van der Waals surface area contributed by atoms with E-state index in [9.17, 15) is 9.18 Å². The second kappa shape index (κ2) is 8.61. The molecule has 2 fully saturated rings. The van der Waals surface area contributed by atoms with Crippen LogP contribution in [0.3, 0.4) is 0 Å². The summed E-state index contributed by atoms with van der Waals surface area (Å²) in [7, 11) is 0. The average molecular weight is 333 g/mol. The van der Waals surface area contributed by atoms with Crippen LogP contribution in [0.4, 0.5) is 4.39 Å². The molecule has 1 aliphatic carbocycles. The number of amides is 1. The fourth-order valence-electron chi connectivity index (χ4n) is 4.10. The first-order valence-corrected chi connectivity index (χ1v) is 9.59. The van der Waals surface area contributed by atoms with E-state index in [0.717, 1.165) is 45.3 Å². The van der Waals surface area contributed by atoms with E-state index in [0.29, 0.717) is 6.04 Å². The number of nitrogens with one attached hydrogen (secondary N) is 2. The second-order valence-electron chi connectivity index (χ2n) is 7.52. The highest BCUT2D eigenvalue weighted by Gasteiger charge is 2.28. The van der Waals surface area contributed by atoms with Gasteiger partial charge >= 0.3 is 0 Å². The Labute approximate surface area is 144 Å². The van der Waals surface area contributed by atoms with Crippen LogP contribution in [-0.2, 0) is 11.3 Å². The zero-order valence-electron chi connectivity index (χ0n) is 14.5. The Balaban J connectivity index is 1.42. The normalized spacial score (nSPS) is 25.9. The first kappa shape index (κ1) is 17.4. The lowest BCUT2D eigenvalue weighted by molar-refractivity contribution is -0.919. The van der Waals surface area contributed by atoms with Crippen LogP contribution >= 0.6 is 0 Å². The van der Waals surface area contributed by atoms with E-state index >= 15 is 0 Å². The highest BCUT2D eigenvalue weighted by Crippen LogP contribution is 2.18. The van der Waals surface area contributed by atoms with Crippen LogP contribution in [-0.4, -0.2) is 25.0 Å². The Morgan fingerprint density at radius 2 is 1.62 bits per heavy atom. The average Bonchev–Trinajstić information content (AvgIpc) is 2.86. The molecule has 24 heavy (non-hydrogen) atoms. The monoisotopic (exact) mass is 333 g/mol. The lowest BCUT2D eigenvalue weighted by atomic mass is 9.94. The van der Waals surface area contributed by atoms with Gasteiger partial charge in [-0.25, -0.2) is 4.39 Å². The van der Waals surface area contributed by atoms with Crippen LogP contribution in [0, 0.1) is 11.7 Å². The molecule has 0 bridgehead atoms. The van der Waals surface area contributed by atoms with E-state index in [1.807, 2.05) is 12.1 Å². The predicted octanol–water partition coefficient (Wildman–Crippen LogP) is 2.46. The van der Waals surface area contributed by atoms with Crippen molar-refractivity contribution in [1.82, 2.24) is 5.32 Å². The molecule has 132 valence electrons. The number of carbonyl (C=O) groups is 1. The molecule has 2 N–H and O–H groups in total. The quantitative estimate of drug-likeness (QED) is 0.816. The fourth-order valence-corrected chi connectivity index (χ4v) is 4.10. The van der Waals surface area contributed by atoms with Crippen molar-refractivity contribution in [2.24, 2.45) is 5.92 Å². The Morgan fingerprint density at radius 3 is 2.25 bits per heavy atom. The molecule has 0 radical (unpaired) electrons. The Bertz CT molecular complexity index is 515. The fraction of sp³-hybridized carbons (Fsp3) is 0.650. The van der Waals surface area contributed by atoms with Crippen molar-refractivity contribution in [3.05, 3.63) is 35.6 Å². The zero-order chi connectivity index (χ0) is 16.8. The molecule has 0 unspecified atom stereocenters. The minimum atomic E-state index is -0.178. The molecular weight excluding hydrogens is 303 g/mol. The third-order valence-corrected chi connectivity index (χ3v) is 5.63. The van der Waals surface area contributed by atoms with Crippen molar-refractivity contribution in [3.8, 4) is 0 Å². The molecule has 0 atom stereocenters. The van der Waals surface area contributed by atoms with Crippen molar-refractivity contribution >= 4 is 5.91 Å². The molecule has 1 aromatic carbocycles. The van der Waals surface area contributed by atoms with Crippen LogP contribution in [0.25, 0.3) is 0 Å². The SMILES string of the molecule is O=C(NC1CCCCCC1)C1CC[NH+](Cc2ccc(F)cc2)CC1. The van der Waals surface area contributed by atoms with Crippen molar-refractivity contribution in [1.29, 1.82) is 0 Å². The molecule has 1 heterocycles. The highest BCUT2D eigenvalue weighted by atomic mass is 19.1. The first-order valence-electron chi connectivity index (χ1n) is 9.59. The van der Waals surface area contributed by atoms with E-state index in [1.54, 1.807) is 0 Å². The van der Waals surface area contributed by atoms with Gasteiger partial charge in [0.1, 0.15) is 12.4 Å². The van der Waals surface area contributed by atoms with Crippen molar-refractivity contribution in [3.63, 3.8) is 0 Å². The topological polar surface area (TPSA) is 33.5 Å². The second-order valence-corrected chi connectivity index (χ2v) is 7.52. The molecule has 1 amide bonds. The molecule has 4 heteroatoms. The Kier molecular flexibility index (Phi) is 6.24. The Morgan fingerprint density at radius 1 is 1.00 bits per heavy atom.